The molecule has 1 aliphatic rings. The Labute approximate surface area is 171 Å². The fourth-order valence-corrected chi connectivity index (χ4v) is 3.64. The van der Waals surface area contributed by atoms with Crippen LogP contribution in [0, 0.1) is 24.2 Å². The molecule has 1 amide bonds. The van der Waals surface area contributed by atoms with Gasteiger partial charge in [0.25, 0.3) is 12.3 Å². The number of carbonyl (C=O) groups is 1. The van der Waals surface area contributed by atoms with Crippen LogP contribution < -0.4 is 5.32 Å². The SMILES string of the molecule is CCn1c([C@@H](NC(=O)c2cnc(C(F)F)cn2)C2CC2)nc2c(C)c(C#N)ccc21. The molecule has 7 nitrogen and oxygen atoms in total. The summed E-state index contributed by atoms with van der Waals surface area (Å²) in [6.07, 6.45) is 1.15. The van der Waals surface area contributed by atoms with E-state index in [0.717, 1.165) is 47.7 Å². The molecule has 1 saturated carbocycles. The normalized spacial score (nSPS) is 14.7. The van der Waals surface area contributed by atoms with E-state index in [9.17, 15) is 18.8 Å². The number of aromatic nitrogens is 4. The maximum absolute atomic E-state index is 12.7. The van der Waals surface area contributed by atoms with Crippen molar-refractivity contribution in [2.24, 2.45) is 5.92 Å². The van der Waals surface area contributed by atoms with E-state index < -0.39 is 18.0 Å². The summed E-state index contributed by atoms with van der Waals surface area (Å²) in [5, 5.41) is 12.3. The predicted molar refractivity (Wildman–Crippen MR) is 105 cm³/mol. The molecule has 1 atom stereocenters. The van der Waals surface area contributed by atoms with E-state index >= 15 is 0 Å². The Kier molecular flexibility index (Phi) is 5.16. The van der Waals surface area contributed by atoms with Crippen molar-refractivity contribution in [2.45, 2.75) is 45.7 Å². The fourth-order valence-electron chi connectivity index (χ4n) is 3.64. The first-order chi connectivity index (χ1) is 14.4. The van der Waals surface area contributed by atoms with E-state index in [4.69, 9.17) is 4.98 Å². The lowest BCUT2D eigenvalue weighted by Gasteiger charge is -2.19. The van der Waals surface area contributed by atoms with Gasteiger partial charge in [0.05, 0.1) is 41.1 Å². The molecule has 9 heteroatoms. The Morgan fingerprint density at radius 1 is 1.33 bits per heavy atom. The summed E-state index contributed by atoms with van der Waals surface area (Å²) in [5.74, 6) is 0.475. The van der Waals surface area contributed by atoms with Gasteiger partial charge in [-0.25, -0.2) is 18.7 Å². The van der Waals surface area contributed by atoms with Crippen LogP contribution in [0.1, 0.15) is 65.4 Å². The maximum Gasteiger partial charge on any atom is 0.281 e. The number of benzene rings is 1. The van der Waals surface area contributed by atoms with Crippen molar-refractivity contribution in [2.75, 3.05) is 0 Å². The Morgan fingerprint density at radius 2 is 2.10 bits per heavy atom. The summed E-state index contributed by atoms with van der Waals surface area (Å²) < 4.78 is 27.4. The number of rotatable bonds is 6. The van der Waals surface area contributed by atoms with Gasteiger partial charge in [0.15, 0.2) is 0 Å². The number of amides is 1. The Bertz CT molecular complexity index is 1140. The fraction of sp³-hybridized carbons (Fsp3) is 0.381. The highest BCUT2D eigenvalue weighted by Crippen LogP contribution is 2.42. The Morgan fingerprint density at radius 3 is 2.67 bits per heavy atom. The second-order valence-corrected chi connectivity index (χ2v) is 7.35. The molecule has 0 radical (unpaired) electrons. The van der Waals surface area contributed by atoms with Gasteiger partial charge in [0, 0.05) is 6.54 Å². The van der Waals surface area contributed by atoms with Gasteiger partial charge in [-0.15, -0.1) is 0 Å². The molecule has 1 aromatic carbocycles. The minimum atomic E-state index is -2.74. The standard InChI is InChI=1S/C21H20F2N6O/c1-3-29-16-7-6-13(8-24)11(2)17(16)27-20(29)18(12-4-5-12)28-21(30)15-10-25-14(9-26-15)19(22)23/h6-7,9-10,12,18-19H,3-5H2,1-2H3,(H,28,30)/t18-/m0/s1. The smallest absolute Gasteiger partial charge is 0.281 e. The molecule has 0 bridgehead atoms. The van der Waals surface area contributed by atoms with E-state index in [1.165, 1.54) is 0 Å². The molecule has 2 aromatic heterocycles. The monoisotopic (exact) mass is 410 g/mol. The maximum atomic E-state index is 12.7. The number of hydrogen-bond donors (Lipinski definition) is 1. The quantitative estimate of drug-likeness (QED) is 0.666. The molecule has 2 heterocycles. The third-order valence-corrected chi connectivity index (χ3v) is 5.43. The number of alkyl halides is 2. The van der Waals surface area contributed by atoms with Crippen molar-refractivity contribution >= 4 is 16.9 Å². The number of nitrogens with zero attached hydrogens (tertiary/aromatic N) is 5. The van der Waals surface area contributed by atoms with Crippen LogP contribution in [0.15, 0.2) is 24.5 Å². The number of imidazole rings is 1. The number of halogens is 2. The van der Waals surface area contributed by atoms with Gasteiger partial charge in [0.1, 0.15) is 17.2 Å². The lowest BCUT2D eigenvalue weighted by Crippen LogP contribution is -2.32. The summed E-state index contributed by atoms with van der Waals surface area (Å²) in [5.41, 5.74) is 2.53. The average molecular weight is 410 g/mol. The summed E-state index contributed by atoms with van der Waals surface area (Å²) in [6.45, 7) is 4.51. The van der Waals surface area contributed by atoms with Gasteiger partial charge in [0.2, 0.25) is 0 Å². The summed E-state index contributed by atoms with van der Waals surface area (Å²) in [4.78, 5) is 25.0. The van der Waals surface area contributed by atoms with Crippen LogP contribution in [-0.4, -0.2) is 25.4 Å². The second-order valence-electron chi connectivity index (χ2n) is 7.35. The van der Waals surface area contributed by atoms with Crippen LogP contribution in [0.5, 0.6) is 0 Å². The first-order valence-electron chi connectivity index (χ1n) is 9.75. The predicted octanol–water partition coefficient (Wildman–Crippen LogP) is 3.85. The zero-order chi connectivity index (χ0) is 21.4. The summed E-state index contributed by atoms with van der Waals surface area (Å²) in [6, 6.07) is 5.49. The molecule has 154 valence electrons. The van der Waals surface area contributed by atoms with Gasteiger partial charge >= 0.3 is 0 Å². The van der Waals surface area contributed by atoms with Gasteiger partial charge in [-0.2, -0.15) is 5.26 Å². The lowest BCUT2D eigenvalue weighted by atomic mass is 10.1. The molecule has 4 rings (SSSR count). The lowest BCUT2D eigenvalue weighted by molar-refractivity contribution is 0.0922. The molecule has 1 aliphatic carbocycles. The van der Waals surface area contributed by atoms with Gasteiger partial charge < -0.3 is 9.88 Å². The second kappa shape index (κ2) is 7.78. The summed E-state index contributed by atoms with van der Waals surface area (Å²) in [7, 11) is 0. The molecule has 0 unspecified atom stereocenters. The molecule has 0 aliphatic heterocycles. The largest absolute Gasteiger partial charge is 0.340 e. The number of hydrogen-bond acceptors (Lipinski definition) is 5. The number of nitrogens with one attached hydrogen (secondary N) is 1. The van der Waals surface area contributed by atoms with Crippen molar-refractivity contribution in [1.82, 2.24) is 24.8 Å². The van der Waals surface area contributed by atoms with Crippen molar-refractivity contribution < 1.29 is 13.6 Å². The molecule has 3 aromatic rings. The van der Waals surface area contributed by atoms with Crippen molar-refractivity contribution in [3.8, 4) is 6.07 Å². The highest BCUT2D eigenvalue weighted by atomic mass is 19.3. The van der Waals surface area contributed by atoms with E-state index in [1.807, 2.05) is 24.5 Å². The number of carbonyl (C=O) groups excluding carboxylic acids is 1. The molecule has 0 spiro atoms. The van der Waals surface area contributed by atoms with Crippen LogP contribution in [0.4, 0.5) is 8.78 Å². The van der Waals surface area contributed by atoms with Gasteiger partial charge in [-0.05, 0) is 50.3 Å². The van der Waals surface area contributed by atoms with E-state index in [2.05, 4.69) is 21.4 Å². The van der Waals surface area contributed by atoms with Gasteiger partial charge in [-0.1, -0.05) is 0 Å². The minimum Gasteiger partial charge on any atom is -0.340 e. The first-order valence-corrected chi connectivity index (χ1v) is 9.75. The van der Waals surface area contributed by atoms with E-state index in [-0.39, 0.29) is 17.7 Å². The van der Waals surface area contributed by atoms with Crippen LogP contribution in [-0.2, 0) is 6.54 Å². The highest BCUT2D eigenvalue weighted by molar-refractivity contribution is 5.92. The number of nitriles is 1. The van der Waals surface area contributed by atoms with Crippen molar-refractivity contribution in [1.29, 1.82) is 5.26 Å². The molecule has 30 heavy (non-hydrogen) atoms. The van der Waals surface area contributed by atoms with Crippen molar-refractivity contribution in [3.05, 3.63) is 52.9 Å². The zero-order valence-corrected chi connectivity index (χ0v) is 16.6. The number of aryl methyl sites for hydroxylation is 2. The van der Waals surface area contributed by atoms with Crippen LogP contribution in [0.25, 0.3) is 11.0 Å². The van der Waals surface area contributed by atoms with Crippen LogP contribution >= 0.6 is 0 Å². The third kappa shape index (κ3) is 3.49. The molecular weight excluding hydrogens is 390 g/mol. The third-order valence-electron chi connectivity index (χ3n) is 5.43. The van der Waals surface area contributed by atoms with E-state index in [1.54, 1.807) is 6.07 Å². The van der Waals surface area contributed by atoms with Gasteiger partial charge in [-0.3, -0.25) is 9.78 Å². The molecular formula is C21H20F2N6O. The molecule has 1 fully saturated rings. The van der Waals surface area contributed by atoms with Crippen molar-refractivity contribution in [3.63, 3.8) is 0 Å². The first kappa shape index (κ1) is 19.9. The van der Waals surface area contributed by atoms with E-state index in [0.29, 0.717) is 12.1 Å². The van der Waals surface area contributed by atoms with Crippen LogP contribution in [0.2, 0.25) is 0 Å². The highest BCUT2D eigenvalue weighted by Gasteiger charge is 2.37. The Hall–Kier alpha value is -3.41. The molecule has 0 saturated heterocycles. The zero-order valence-electron chi connectivity index (χ0n) is 16.6. The topological polar surface area (TPSA) is 96.5 Å². The summed E-state index contributed by atoms with van der Waals surface area (Å²) >= 11 is 0. The Balaban J connectivity index is 1.69. The average Bonchev–Trinajstić information content (AvgIpc) is 3.52. The number of fused-ring (bicyclic) bond motifs is 1. The van der Waals surface area contributed by atoms with Crippen LogP contribution in [0.3, 0.4) is 0 Å². The minimum absolute atomic E-state index is 0.0212. The molecule has 1 N–H and O–H groups in total.